The second-order valence-corrected chi connectivity index (χ2v) is 11.3. The third-order valence-electron chi connectivity index (χ3n) is 6.84. The van der Waals surface area contributed by atoms with Crippen LogP contribution >= 0.6 is 23.2 Å². The summed E-state index contributed by atoms with van der Waals surface area (Å²) in [6.45, 7) is 1.35. The molecule has 6 rings (SSSR count). The molecule has 0 N–H and O–H groups in total. The third kappa shape index (κ3) is 20.5. The Morgan fingerprint density at radius 3 is 1.02 bits per heavy atom. The molecule has 2 aliphatic rings. The first-order valence-electron chi connectivity index (χ1n) is 15.6. The van der Waals surface area contributed by atoms with Crippen molar-refractivity contribution in [3.63, 3.8) is 0 Å². The molecule has 0 saturated carbocycles. The standard InChI is InChI=1S/C20H20N6.2C8H12.CH2Cl2.2ClH.2Rh/c1-23-19(15-25(21-23)13-17-9-5-3-6-10-17)20-16-26(22-24(20)2)14-18-11-7-4-8-12-18;2*1-2-4-6-8-7-5-3-1;2-1-3;;;;/h3-12H,13-14H2,1-2H3;2*1-2,7-8H,3-6H2;1H2;2*1H;;/p-2/b;2*2-1-,8-7-;;;;;. The molecule has 12 heteroatoms. The molecule has 0 bridgehead atoms. The number of benzene rings is 2. The summed E-state index contributed by atoms with van der Waals surface area (Å²) in [5, 5.41) is 9.24. The van der Waals surface area contributed by atoms with Crippen molar-refractivity contribution >= 4 is 23.2 Å². The van der Waals surface area contributed by atoms with Gasteiger partial charge in [-0.05, 0) is 62.5 Å². The number of halogens is 4. The minimum atomic E-state index is 0. The number of aromatic nitrogens is 6. The second-order valence-electron chi connectivity index (χ2n) is 10.5. The molecule has 49 heavy (non-hydrogen) atoms. The Morgan fingerprint density at radius 2 is 0.776 bits per heavy atom. The van der Waals surface area contributed by atoms with Crippen LogP contribution in [0.1, 0.15) is 62.5 Å². The molecule has 4 aromatic rings. The van der Waals surface area contributed by atoms with Gasteiger partial charge in [0, 0.05) is 49.4 Å². The van der Waals surface area contributed by atoms with Crippen molar-refractivity contribution in [1.82, 2.24) is 19.8 Å². The van der Waals surface area contributed by atoms with E-state index >= 15 is 0 Å². The van der Waals surface area contributed by atoms with Crippen LogP contribution in [0.2, 0.25) is 0 Å². The van der Waals surface area contributed by atoms with E-state index in [-0.39, 0.29) is 69.1 Å². The molecule has 2 aliphatic carbocycles. The molecule has 0 saturated heterocycles. The van der Waals surface area contributed by atoms with Crippen molar-refractivity contribution in [3.05, 3.63) is 133 Å². The van der Waals surface area contributed by atoms with Crippen LogP contribution in [0.15, 0.2) is 109 Å². The van der Waals surface area contributed by atoms with Gasteiger partial charge in [0.2, 0.25) is 0 Å². The maximum absolute atomic E-state index is 4.76. The minimum Gasteiger partial charge on any atom is -1.00 e. The zero-order valence-corrected chi connectivity index (χ0v) is 34.3. The van der Waals surface area contributed by atoms with Gasteiger partial charge in [-0.25, -0.2) is 18.7 Å². The van der Waals surface area contributed by atoms with Crippen molar-refractivity contribution in [3.8, 4) is 11.4 Å². The summed E-state index contributed by atoms with van der Waals surface area (Å²) in [5.41, 5.74) is 4.07. The molecule has 0 spiro atoms. The summed E-state index contributed by atoms with van der Waals surface area (Å²) in [5.74, 6) is 0. The first kappa shape index (κ1) is 49.2. The topological polar surface area (TPSA) is 43.4 Å². The molecule has 0 fully saturated rings. The molecule has 0 aliphatic heterocycles. The quantitative estimate of drug-likeness (QED) is 0.101. The van der Waals surface area contributed by atoms with Gasteiger partial charge in [-0.3, -0.25) is 0 Å². The summed E-state index contributed by atoms with van der Waals surface area (Å²) < 4.78 is 7.24. The fourth-order valence-electron chi connectivity index (χ4n) is 4.63. The van der Waals surface area contributed by atoms with Gasteiger partial charge in [0.15, 0.2) is 0 Å². The second kappa shape index (κ2) is 30.9. The summed E-state index contributed by atoms with van der Waals surface area (Å²) in [6, 6.07) is 20.5. The van der Waals surface area contributed by atoms with Gasteiger partial charge in [0.05, 0.1) is 19.4 Å². The zero-order chi connectivity index (χ0) is 32.0. The summed E-state index contributed by atoms with van der Waals surface area (Å²) >= 11 is 9.53. The summed E-state index contributed by atoms with van der Waals surface area (Å²) in [7, 11) is 3.82. The predicted octanol–water partition coefficient (Wildman–Crippen LogP) is 1.86. The Hall–Kier alpha value is -1.91. The number of aryl methyl sites for hydroxylation is 2. The van der Waals surface area contributed by atoms with Crippen molar-refractivity contribution in [2.24, 2.45) is 14.1 Å². The van der Waals surface area contributed by atoms with Crippen LogP contribution in [0.4, 0.5) is 0 Å². The average molecular weight is 922 g/mol. The molecule has 272 valence electrons. The van der Waals surface area contributed by atoms with Crippen LogP contribution in [-0.2, 0) is 66.1 Å². The fourth-order valence-corrected chi connectivity index (χ4v) is 4.63. The number of nitrogens with zero attached hydrogens (tertiary/aromatic N) is 6. The smallest absolute Gasteiger partial charge is 0.116 e. The molecule has 2 aromatic carbocycles. The first-order valence-corrected chi connectivity index (χ1v) is 16.7. The molecule has 0 amide bonds. The van der Waals surface area contributed by atoms with Crippen LogP contribution < -0.4 is 34.2 Å². The maximum Gasteiger partial charge on any atom is 0.116 e. The fraction of sp³-hybridized carbons (Fsp3) is 0.351. The van der Waals surface area contributed by atoms with Gasteiger partial charge in [-0.2, -0.15) is 0 Å². The monoisotopic (exact) mass is 920 g/mol. The van der Waals surface area contributed by atoms with Gasteiger partial charge in [0.25, 0.3) is 0 Å². The van der Waals surface area contributed by atoms with Crippen molar-refractivity contribution in [2.75, 3.05) is 5.34 Å². The van der Waals surface area contributed by atoms with E-state index in [1.807, 2.05) is 69.2 Å². The molecule has 2 radical (unpaired) electrons. The molecule has 0 atom stereocenters. The van der Waals surface area contributed by atoms with Crippen LogP contribution in [0, 0.1) is 12.4 Å². The molecular formula is C37H46Cl4N6Rh2-2. The van der Waals surface area contributed by atoms with Gasteiger partial charge < -0.3 is 24.8 Å². The first-order chi connectivity index (χ1) is 22.1. The van der Waals surface area contributed by atoms with E-state index < -0.39 is 0 Å². The minimum absolute atomic E-state index is 0. The number of hydrogen-bond donors (Lipinski definition) is 0. The van der Waals surface area contributed by atoms with Crippen molar-refractivity contribution in [1.29, 1.82) is 0 Å². The van der Waals surface area contributed by atoms with E-state index in [1.165, 1.54) is 62.5 Å². The van der Waals surface area contributed by atoms with Gasteiger partial charge in [-0.1, -0.05) is 133 Å². The van der Waals surface area contributed by atoms with Crippen molar-refractivity contribution < 1.29 is 73.1 Å². The largest absolute Gasteiger partial charge is 1.00 e. The van der Waals surface area contributed by atoms with E-state index in [2.05, 4.69) is 95.7 Å². The Balaban J connectivity index is 0. The van der Waals surface area contributed by atoms with Crippen molar-refractivity contribution in [2.45, 2.75) is 64.5 Å². The van der Waals surface area contributed by atoms with Gasteiger partial charge in [-0.15, -0.1) is 23.2 Å². The van der Waals surface area contributed by atoms with Gasteiger partial charge in [0.1, 0.15) is 13.1 Å². The van der Waals surface area contributed by atoms with E-state index in [4.69, 9.17) is 23.2 Å². The zero-order valence-electron chi connectivity index (χ0n) is 28.0. The molecule has 0 unspecified atom stereocenters. The maximum atomic E-state index is 4.76. The third-order valence-corrected chi connectivity index (χ3v) is 6.84. The summed E-state index contributed by atoms with van der Waals surface area (Å²) in [6.07, 6.45) is 34.7. The number of rotatable bonds is 5. The van der Waals surface area contributed by atoms with E-state index in [0.717, 1.165) is 11.4 Å². The van der Waals surface area contributed by atoms with Crippen LogP contribution in [-0.4, -0.2) is 25.1 Å². The Bertz CT molecular complexity index is 1330. The summed E-state index contributed by atoms with van der Waals surface area (Å²) in [4.78, 5) is 0. The average Bonchev–Trinajstić information content (AvgIpc) is 3.54. The van der Waals surface area contributed by atoms with Crippen LogP contribution in [0.3, 0.4) is 0 Å². The van der Waals surface area contributed by atoms with E-state index in [0.29, 0.717) is 13.1 Å². The van der Waals surface area contributed by atoms with Crippen LogP contribution in [0.25, 0.3) is 11.4 Å². The number of alkyl halides is 2. The number of hydrogen-bond acceptors (Lipinski definition) is 2. The van der Waals surface area contributed by atoms with E-state index in [1.54, 1.807) is 0 Å². The SMILES string of the molecule is C1=C\CC/C=C\CC/1.C1=C\CC/C=C\CC/1.ClCCl.Cn1n[n+](Cc2ccccc2)[c-]c1-c1[c-][n+](Cc2ccccc2)nn1C.[Cl-].[Cl-].[Rh].[Rh]. The molecular weight excluding hydrogens is 876 g/mol. The Morgan fingerprint density at radius 1 is 0.531 bits per heavy atom. The number of allylic oxidation sites excluding steroid dienone is 8. The predicted molar refractivity (Wildman–Crippen MR) is 185 cm³/mol. The molecule has 2 heterocycles. The van der Waals surface area contributed by atoms with Gasteiger partial charge >= 0.3 is 0 Å². The Kier molecular flexibility index (Phi) is 31.0. The Labute approximate surface area is 341 Å². The van der Waals surface area contributed by atoms with E-state index in [9.17, 15) is 0 Å². The van der Waals surface area contributed by atoms with Crippen LogP contribution in [0.5, 0.6) is 0 Å². The molecule has 6 nitrogen and oxygen atoms in total. The normalized spacial score (nSPS) is 15.3. The molecule has 2 aromatic heterocycles.